The number of hydrogen-bond acceptors (Lipinski definition) is 8. The maximum Gasteiger partial charge on any atom is 0.330 e. The zero-order valence-electron chi connectivity index (χ0n) is 16.9. The van der Waals surface area contributed by atoms with Crippen LogP contribution in [-0.4, -0.2) is 45.1 Å². The molecule has 1 aliphatic heterocycles. The van der Waals surface area contributed by atoms with Gasteiger partial charge in [-0.2, -0.15) is 0 Å². The normalized spacial score (nSPS) is 14.1. The van der Waals surface area contributed by atoms with E-state index in [1.807, 2.05) is 30.3 Å². The number of aromatic nitrogens is 2. The van der Waals surface area contributed by atoms with E-state index >= 15 is 0 Å². The molecule has 1 amide bonds. The summed E-state index contributed by atoms with van der Waals surface area (Å²) in [5, 5.41) is 14.1. The van der Waals surface area contributed by atoms with Gasteiger partial charge in [0.15, 0.2) is 0 Å². The van der Waals surface area contributed by atoms with E-state index in [0.717, 1.165) is 32.3 Å². The summed E-state index contributed by atoms with van der Waals surface area (Å²) in [6.45, 7) is 2.73. The van der Waals surface area contributed by atoms with Gasteiger partial charge in [-0.05, 0) is 12.5 Å². The van der Waals surface area contributed by atoms with Crippen molar-refractivity contribution in [1.29, 1.82) is 0 Å². The van der Waals surface area contributed by atoms with E-state index in [-0.39, 0.29) is 25.2 Å². The molecule has 0 fully saturated rings. The number of amides is 1. The Morgan fingerprint density at radius 2 is 2.06 bits per heavy atom. The third kappa shape index (κ3) is 4.42. The topological polar surface area (TPSA) is 105 Å². The van der Waals surface area contributed by atoms with Crippen molar-refractivity contribution in [1.82, 2.24) is 14.9 Å². The van der Waals surface area contributed by atoms with Gasteiger partial charge >= 0.3 is 5.97 Å². The van der Waals surface area contributed by atoms with E-state index in [1.54, 1.807) is 11.8 Å². The Hall–Kier alpha value is -3.30. The average molecular weight is 439 g/mol. The van der Waals surface area contributed by atoms with Gasteiger partial charge < -0.3 is 20.1 Å². The Morgan fingerprint density at radius 1 is 1.26 bits per heavy atom. The fourth-order valence-electron chi connectivity index (χ4n) is 3.54. The van der Waals surface area contributed by atoms with Crippen LogP contribution in [0, 0.1) is 0 Å². The lowest BCUT2D eigenvalue weighted by Crippen LogP contribution is -2.23. The molecule has 0 spiro atoms. The molecule has 0 aliphatic carbocycles. The van der Waals surface area contributed by atoms with Gasteiger partial charge in [-0.3, -0.25) is 4.79 Å². The van der Waals surface area contributed by atoms with Crippen LogP contribution >= 0.6 is 11.3 Å². The number of rotatable bonds is 7. The minimum atomic E-state index is -0.536. The summed E-state index contributed by atoms with van der Waals surface area (Å²) in [7, 11) is 0. The molecule has 1 aromatic carbocycles. The third-order valence-electron chi connectivity index (χ3n) is 5.01. The molecule has 9 heteroatoms. The second-order valence-corrected chi connectivity index (χ2v) is 8.06. The van der Waals surface area contributed by atoms with Gasteiger partial charge in [0.25, 0.3) is 0 Å². The van der Waals surface area contributed by atoms with Crippen molar-refractivity contribution in [2.24, 2.45) is 0 Å². The number of ether oxygens (including phenoxy) is 1. The summed E-state index contributed by atoms with van der Waals surface area (Å²) in [5.41, 5.74) is 1.94. The number of esters is 1. The van der Waals surface area contributed by atoms with Gasteiger partial charge in [-0.15, -0.1) is 11.3 Å². The van der Waals surface area contributed by atoms with Crippen molar-refractivity contribution in [2.45, 2.75) is 26.1 Å². The van der Waals surface area contributed by atoms with E-state index in [0.29, 0.717) is 18.9 Å². The molecule has 1 aliphatic rings. The maximum atomic E-state index is 12.5. The summed E-state index contributed by atoms with van der Waals surface area (Å²) in [5.74, 6) is -0.165. The van der Waals surface area contributed by atoms with Crippen LogP contribution in [0.2, 0.25) is 0 Å². The highest BCUT2D eigenvalue weighted by Crippen LogP contribution is 2.40. The maximum absolute atomic E-state index is 12.5. The van der Waals surface area contributed by atoms with Crippen LogP contribution in [-0.2, 0) is 27.4 Å². The number of thiophene rings is 1. The SMILES string of the molecule is CCOC(=O)C=CC(=O)N1Cc2sc3ncnc(NC(CO)c4ccccc4)c3c2C1. The van der Waals surface area contributed by atoms with Crippen LogP contribution in [0.4, 0.5) is 5.82 Å². The molecule has 31 heavy (non-hydrogen) atoms. The Morgan fingerprint density at radius 3 is 2.81 bits per heavy atom. The molecule has 3 heterocycles. The number of hydrogen-bond donors (Lipinski definition) is 2. The van der Waals surface area contributed by atoms with Crippen molar-refractivity contribution in [2.75, 3.05) is 18.5 Å². The Balaban J connectivity index is 1.57. The van der Waals surface area contributed by atoms with Crippen LogP contribution in [0.1, 0.15) is 29.0 Å². The fourth-order valence-corrected chi connectivity index (χ4v) is 4.70. The van der Waals surface area contributed by atoms with E-state index in [1.165, 1.54) is 23.7 Å². The van der Waals surface area contributed by atoms with Gasteiger partial charge in [-0.25, -0.2) is 14.8 Å². The predicted molar refractivity (Wildman–Crippen MR) is 117 cm³/mol. The molecule has 3 aromatic rings. The molecule has 2 N–H and O–H groups in total. The number of fused-ring (bicyclic) bond motifs is 3. The van der Waals surface area contributed by atoms with Crippen molar-refractivity contribution in [3.8, 4) is 0 Å². The van der Waals surface area contributed by atoms with Crippen molar-refractivity contribution >= 4 is 39.2 Å². The molecular formula is C22H22N4O4S. The highest BCUT2D eigenvalue weighted by atomic mass is 32.1. The second-order valence-electron chi connectivity index (χ2n) is 6.98. The highest BCUT2D eigenvalue weighted by Gasteiger charge is 2.29. The minimum Gasteiger partial charge on any atom is -0.463 e. The van der Waals surface area contributed by atoms with Gasteiger partial charge in [-0.1, -0.05) is 30.3 Å². The first-order chi connectivity index (χ1) is 15.1. The summed E-state index contributed by atoms with van der Waals surface area (Å²) in [6, 6.07) is 9.34. The number of anilines is 1. The highest BCUT2D eigenvalue weighted by molar-refractivity contribution is 7.19. The standard InChI is InChI=1S/C22H22N4O4S/c1-2-30-19(29)9-8-18(28)26-10-15-17(11-26)31-22-20(15)21(23-13-24-22)25-16(12-27)14-6-4-3-5-7-14/h3-9,13,16,27H,2,10-12H2,1H3,(H,23,24,25). The smallest absolute Gasteiger partial charge is 0.330 e. The number of aliphatic hydroxyl groups is 1. The van der Waals surface area contributed by atoms with Crippen molar-refractivity contribution < 1.29 is 19.4 Å². The van der Waals surface area contributed by atoms with E-state index in [4.69, 9.17) is 4.74 Å². The van der Waals surface area contributed by atoms with E-state index < -0.39 is 5.97 Å². The molecular weight excluding hydrogens is 416 g/mol. The van der Waals surface area contributed by atoms with Crippen molar-refractivity contribution in [3.05, 3.63) is 64.8 Å². The monoisotopic (exact) mass is 438 g/mol. The zero-order chi connectivity index (χ0) is 21.8. The second kappa shape index (κ2) is 9.23. The van der Waals surface area contributed by atoms with Crippen LogP contribution in [0.3, 0.4) is 0 Å². The number of carbonyl (C=O) groups excluding carboxylic acids is 2. The fraction of sp³-hybridized carbons (Fsp3) is 0.273. The largest absolute Gasteiger partial charge is 0.463 e. The first kappa shape index (κ1) is 21.0. The van der Waals surface area contributed by atoms with Gasteiger partial charge in [0.1, 0.15) is 17.0 Å². The number of benzene rings is 1. The lowest BCUT2D eigenvalue weighted by Gasteiger charge is -2.18. The first-order valence-electron chi connectivity index (χ1n) is 9.92. The molecule has 4 rings (SSSR count). The zero-order valence-corrected chi connectivity index (χ0v) is 17.8. The lowest BCUT2D eigenvalue weighted by molar-refractivity contribution is -0.137. The molecule has 0 saturated carbocycles. The average Bonchev–Trinajstić information content (AvgIpc) is 3.35. The molecule has 1 unspecified atom stereocenters. The summed E-state index contributed by atoms with van der Waals surface area (Å²) in [6.07, 6.45) is 3.89. The summed E-state index contributed by atoms with van der Waals surface area (Å²) < 4.78 is 4.82. The van der Waals surface area contributed by atoms with Crippen molar-refractivity contribution in [3.63, 3.8) is 0 Å². The molecule has 2 aromatic heterocycles. The number of nitrogens with one attached hydrogen (secondary N) is 1. The molecule has 0 bridgehead atoms. The van der Waals surface area contributed by atoms with Gasteiger partial charge in [0, 0.05) is 29.1 Å². The Labute approximate surface area is 183 Å². The molecule has 160 valence electrons. The van der Waals surface area contributed by atoms with Crippen LogP contribution in [0.15, 0.2) is 48.8 Å². The molecule has 8 nitrogen and oxygen atoms in total. The molecule has 0 saturated heterocycles. The Kier molecular flexibility index (Phi) is 6.24. The summed E-state index contributed by atoms with van der Waals surface area (Å²) >= 11 is 1.52. The van der Waals surface area contributed by atoms with E-state index in [2.05, 4.69) is 15.3 Å². The van der Waals surface area contributed by atoms with Crippen LogP contribution < -0.4 is 5.32 Å². The van der Waals surface area contributed by atoms with Gasteiger partial charge in [0.2, 0.25) is 5.91 Å². The number of aliphatic hydroxyl groups excluding tert-OH is 1. The Bertz CT molecular complexity index is 1130. The van der Waals surface area contributed by atoms with Gasteiger partial charge in [0.05, 0.1) is 31.2 Å². The predicted octanol–water partition coefficient (Wildman–Crippen LogP) is 2.80. The summed E-state index contributed by atoms with van der Waals surface area (Å²) in [4.78, 5) is 36.3. The van der Waals surface area contributed by atoms with E-state index in [9.17, 15) is 14.7 Å². The molecule has 1 atom stereocenters. The molecule has 0 radical (unpaired) electrons. The third-order valence-corrected chi connectivity index (χ3v) is 6.13. The quantitative estimate of drug-likeness (QED) is 0.432. The van der Waals surface area contributed by atoms with Crippen LogP contribution in [0.5, 0.6) is 0 Å². The van der Waals surface area contributed by atoms with Crippen LogP contribution in [0.25, 0.3) is 10.2 Å². The first-order valence-corrected chi connectivity index (χ1v) is 10.7. The number of nitrogens with zero attached hydrogens (tertiary/aromatic N) is 3. The minimum absolute atomic E-state index is 0.0922. The number of carbonyl (C=O) groups is 2. The lowest BCUT2D eigenvalue weighted by atomic mass is 10.1.